The van der Waals surface area contributed by atoms with Crippen molar-refractivity contribution < 1.29 is 14.7 Å². The summed E-state index contributed by atoms with van der Waals surface area (Å²) in [6, 6.07) is 0.178. The molecule has 0 saturated carbocycles. The molecular weight excluding hydrogens is 244 g/mol. The Hall–Kier alpha value is -1.10. The minimum absolute atomic E-state index is 0.0717. The molecule has 2 rings (SSSR count). The molecule has 0 aliphatic carbocycles. The quantitative estimate of drug-likeness (QED) is 0.831. The zero-order chi connectivity index (χ0) is 14.2. The molecule has 5 nitrogen and oxygen atoms in total. The molecule has 0 aromatic carbocycles. The van der Waals surface area contributed by atoms with E-state index in [2.05, 4.69) is 11.9 Å². The van der Waals surface area contributed by atoms with Crippen molar-refractivity contribution in [3.05, 3.63) is 0 Å². The fraction of sp³-hybridized carbons (Fsp3) is 0.857. The van der Waals surface area contributed by atoms with Crippen molar-refractivity contribution in [2.45, 2.75) is 45.2 Å². The van der Waals surface area contributed by atoms with Crippen molar-refractivity contribution in [1.29, 1.82) is 0 Å². The van der Waals surface area contributed by atoms with E-state index in [1.807, 2.05) is 13.8 Å². The summed E-state index contributed by atoms with van der Waals surface area (Å²) < 4.78 is 0. The van der Waals surface area contributed by atoms with Gasteiger partial charge in [-0.1, -0.05) is 6.92 Å². The lowest BCUT2D eigenvalue weighted by Gasteiger charge is -2.42. The first-order chi connectivity index (χ1) is 8.91. The van der Waals surface area contributed by atoms with Crippen LogP contribution in [0.25, 0.3) is 0 Å². The minimum Gasteiger partial charge on any atom is -0.481 e. The highest BCUT2D eigenvalue weighted by Gasteiger charge is 2.42. The van der Waals surface area contributed by atoms with Crippen LogP contribution in [0.15, 0.2) is 0 Å². The predicted molar refractivity (Wildman–Crippen MR) is 71.7 cm³/mol. The number of piperidine rings is 1. The molecular formula is C14H24N2O3. The third-order valence-corrected chi connectivity index (χ3v) is 4.81. The molecule has 2 aliphatic heterocycles. The first kappa shape index (κ1) is 14.3. The lowest BCUT2D eigenvalue weighted by atomic mass is 9.81. The number of amides is 1. The van der Waals surface area contributed by atoms with Gasteiger partial charge in [-0.3, -0.25) is 9.59 Å². The summed E-state index contributed by atoms with van der Waals surface area (Å²) in [5.41, 5.74) is 0. The number of hydrogen-bond donors (Lipinski definition) is 1. The van der Waals surface area contributed by atoms with Crippen molar-refractivity contribution in [3.63, 3.8) is 0 Å². The monoisotopic (exact) mass is 268 g/mol. The Bertz CT molecular complexity index is 372. The number of carbonyl (C=O) groups excluding carboxylic acids is 1. The minimum atomic E-state index is -0.780. The van der Waals surface area contributed by atoms with Crippen LogP contribution < -0.4 is 0 Å². The normalized spacial score (nSPS) is 36.8. The van der Waals surface area contributed by atoms with Gasteiger partial charge in [0, 0.05) is 25.0 Å². The third kappa shape index (κ3) is 2.76. The summed E-state index contributed by atoms with van der Waals surface area (Å²) in [6.07, 6.45) is 2.62. The van der Waals surface area contributed by atoms with Gasteiger partial charge in [-0.15, -0.1) is 0 Å². The van der Waals surface area contributed by atoms with Gasteiger partial charge in [0.1, 0.15) is 0 Å². The van der Waals surface area contributed by atoms with Crippen LogP contribution in [0.3, 0.4) is 0 Å². The molecule has 0 bridgehead atoms. The fourth-order valence-corrected chi connectivity index (χ4v) is 3.57. The Morgan fingerprint density at radius 1 is 1.42 bits per heavy atom. The summed E-state index contributed by atoms with van der Waals surface area (Å²) in [6.45, 7) is 5.49. The van der Waals surface area contributed by atoms with Crippen LogP contribution >= 0.6 is 0 Å². The molecule has 2 saturated heterocycles. The Balaban J connectivity index is 2.09. The van der Waals surface area contributed by atoms with Crippen LogP contribution in [0.4, 0.5) is 0 Å². The molecule has 5 heteroatoms. The molecule has 0 aromatic rings. The van der Waals surface area contributed by atoms with Gasteiger partial charge in [-0.2, -0.15) is 0 Å². The molecule has 0 radical (unpaired) electrons. The van der Waals surface area contributed by atoms with E-state index in [9.17, 15) is 14.7 Å². The Kier molecular flexibility index (Phi) is 4.13. The first-order valence-corrected chi connectivity index (χ1v) is 7.14. The average Bonchev–Trinajstić information content (AvgIpc) is 2.69. The SMILES string of the molecule is CC1CC(=O)N(CC2CCCN2C)C(C)C1C(=O)O. The summed E-state index contributed by atoms with van der Waals surface area (Å²) in [7, 11) is 2.08. The zero-order valence-electron chi connectivity index (χ0n) is 12.0. The summed E-state index contributed by atoms with van der Waals surface area (Å²) >= 11 is 0. The highest BCUT2D eigenvalue weighted by Crippen LogP contribution is 2.31. The number of rotatable bonds is 3. The van der Waals surface area contributed by atoms with E-state index in [0.29, 0.717) is 19.0 Å². The van der Waals surface area contributed by atoms with Gasteiger partial charge in [0.05, 0.1) is 5.92 Å². The molecule has 4 unspecified atom stereocenters. The smallest absolute Gasteiger partial charge is 0.308 e. The van der Waals surface area contributed by atoms with Gasteiger partial charge in [-0.25, -0.2) is 0 Å². The average molecular weight is 268 g/mol. The maximum Gasteiger partial charge on any atom is 0.308 e. The number of carbonyl (C=O) groups is 2. The zero-order valence-corrected chi connectivity index (χ0v) is 12.0. The number of hydrogen-bond acceptors (Lipinski definition) is 3. The topological polar surface area (TPSA) is 60.9 Å². The molecule has 0 spiro atoms. The van der Waals surface area contributed by atoms with Crippen molar-refractivity contribution in [2.24, 2.45) is 11.8 Å². The molecule has 1 amide bonds. The Morgan fingerprint density at radius 3 is 2.63 bits per heavy atom. The van der Waals surface area contributed by atoms with Crippen LogP contribution in [0.2, 0.25) is 0 Å². The van der Waals surface area contributed by atoms with Gasteiger partial charge in [-0.05, 0) is 39.3 Å². The van der Waals surface area contributed by atoms with E-state index in [-0.39, 0.29) is 17.9 Å². The first-order valence-electron chi connectivity index (χ1n) is 7.14. The Morgan fingerprint density at radius 2 is 2.11 bits per heavy atom. The van der Waals surface area contributed by atoms with E-state index in [4.69, 9.17) is 0 Å². The highest BCUT2D eigenvalue weighted by molar-refractivity contribution is 5.81. The van der Waals surface area contributed by atoms with E-state index < -0.39 is 11.9 Å². The lowest BCUT2D eigenvalue weighted by Crippen LogP contribution is -2.55. The van der Waals surface area contributed by atoms with E-state index in [0.717, 1.165) is 19.4 Å². The number of aliphatic carboxylic acids is 1. The maximum atomic E-state index is 12.2. The molecule has 4 atom stereocenters. The number of carboxylic acid groups (broad SMARTS) is 1. The number of nitrogens with zero attached hydrogens (tertiary/aromatic N) is 2. The number of carboxylic acids is 1. The summed E-state index contributed by atoms with van der Waals surface area (Å²) in [5, 5.41) is 9.35. The van der Waals surface area contributed by atoms with Gasteiger partial charge in [0.15, 0.2) is 0 Å². The van der Waals surface area contributed by atoms with Crippen LogP contribution in [0.1, 0.15) is 33.1 Å². The predicted octanol–water partition coefficient (Wildman–Crippen LogP) is 1.04. The Labute approximate surface area is 114 Å². The largest absolute Gasteiger partial charge is 0.481 e. The van der Waals surface area contributed by atoms with Crippen LogP contribution in [-0.2, 0) is 9.59 Å². The van der Waals surface area contributed by atoms with Crippen molar-refractivity contribution in [3.8, 4) is 0 Å². The number of likely N-dealkylation sites (N-methyl/N-ethyl adjacent to an activating group) is 1. The molecule has 2 aliphatic rings. The van der Waals surface area contributed by atoms with Gasteiger partial charge >= 0.3 is 5.97 Å². The fourth-order valence-electron chi connectivity index (χ4n) is 3.57. The number of likely N-dealkylation sites (tertiary alicyclic amines) is 2. The second-order valence-corrected chi connectivity index (χ2v) is 6.11. The second-order valence-electron chi connectivity index (χ2n) is 6.11. The van der Waals surface area contributed by atoms with E-state index >= 15 is 0 Å². The van der Waals surface area contributed by atoms with Crippen molar-refractivity contribution in [1.82, 2.24) is 9.80 Å². The van der Waals surface area contributed by atoms with Crippen LogP contribution in [0.5, 0.6) is 0 Å². The van der Waals surface area contributed by atoms with Gasteiger partial charge in [0.25, 0.3) is 0 Å². The van der Waals surface area contributed by atoms with Gasteiger partial charge < -0.3 is 14.9 Å². The van der Waals surface area contributed by atoms with Crippen LogP contribution in [0, 0.1) is 11.8 Å². The second kappa shape index (κ2) is 5.49. The summed E-state index contributed by atoms with van der Waals surface area (Å²) in [5.74, 6) is -1.18. The standard InChI is InChI=1S/C14H24N2O3/c1-9-7-12(17)16(10(2)13(9)14(18)19)8-11-5-4-6-15(11)3/h9-11,13H,4-8H2,1-3H3,(H,18,19). The third-order valence-electron chi connectivity index (χ3n) is 4.81. The van der Waals surface area contributed by atoms with Crippen molar-refractivity contribution in [2.75, 3.05) is 20.1 Å². The molecule has 108 valence electrons. The molecule has 1 N–H and O–H groups in total. The summed E-state index contributed by atoms with van der Waals surface area (Å²) in [4.78, 5) is 27.6. The maximum absolute atomic E-state index is 12.2. The molecule has 0 aromatic heterocycles. The molecule has 19 heavy (non-hydrogen) atoms. The van der Waals surface area contributed by atoms with Gasteiger partial charge in [0.2, 0.25) is 5.91 Å². The van der Waals surface area contributed by atoms with Crippen molar-refractivity contribution >= 4 is 11.9 Å². The van der Waals surface area contributed by atoms with Crippen LogP contribution in [-0.4, -0.2) is 59.0 Å². The van der Waals surface area contributed by atoms with E-state index in [1.165, 1.54) is 0 Å². The molecule has 2 heterocycles. The molecule has 2 fully saturated rings. The highest BCUT2D eigenvalue weighted by atomic mass is 16.4. The van der Waals surface area contributed by atoms with E-state index in [1.54, 1.807) is 4.90 Å². The lowest BCUT2D eigenvalue weighted by molar-refractivity contribution is -0.155.